The third kappa shape index (κ3) is 3.72. The van der Waals surface area contributed by atoms with E-state index in [0.29, 0.717) is 6.04 Å². The van der Waals surface area contributed by atoms with Crippen LogP contribution in [0.5, 0.6) is 0 Å². The van der Waals surface area contributed by atoms with Crippen LogP contribution in [0.25, 0.3) is 0 Å². The third-order valence-electron chi connectivity index (χ3n) is 3.34. The summed E-state index contributed by atoms with van der Waals surface area (Å²) in [5, 5.41) is 0. The molecule has 1 aromatic rings. The lowest BCUT2D eigenvalue weighted by Crippen LogP contribution is -2.31. The minimum atomic E-state index is -0.121. The van der Waals surface area contributed by atoms with Gasteiger partial charge in [0.2, 0.25) is 0 Å². The van der Waals surface area contributed by atoms with Crippen LogP contribution in [0.4, 0.5) is 10.1 Å². The quantitative estimate of drug-likeness (QED) is 0.702. The highest BCUT2D eigenvalue weighted by Gasteiger charge is 2.14. The second-order valence-electron chi connectivity index (χ2n) is 4.78. The zero-order valence-electron chi connectivity index (χ0n) is 11.5. The fourth-order valence-electron chi connectivity index (χ4n) is 2.26. The average molecular weight is 237 g/mol. The highest BCUT2D eigenvalue weighted by Crippen LogP contribution is 2.22. The van der Waals surface area contributed by atoms with Crippen LogP contribution in [0.15, 0.2) is 18.2 Å². The highest BCUT2D eigenvalue weighted by molar-refractivity contribution is 5.49. The van der Waals surface area contributed by atoms with Crippen LogP contribution < -0.4 is 4.90 Å². The Kier molecular flexibility index (Phi) is 5.46. The van der Waals surface area contributed by atoms with Crippen LogP contribution in [0.3, 0.4) is 0 Å². The van der Waals surface area contributed by atoms with E-state index in [1.807, 2.05) is 19.1 Å². The van der Waals surface area contributed by atoms with Crippen molar-refractivity contribution in [1.29, 1.82) is 0 Å². The normalized spacial score (nSPS) is 10.9. The van der Waals surface area contributed by atoms with Crippen LogP contribution in [0.1, 0.15) is 45.1 Å². The van der Waals surface area contributed by atoms with Crippen molar-refractivity contribution in [3.63, 3.8) is 0 Å². The van der Waals surface area contributed by atoms with Crippen LogP contribution in [0.2, 0.25) is 0 Å². The first-order chi connectivity index (χ1) is 8.10. The van der Waals surface area contributed by atoms with Gasteiger partial charge in [0.1, 0.15) is 5.82 Å². The summed E-state index contributed by atoms with van der Waals surface area (Å²) in [6, 6.07) is 5.94. The molecule has 0 amide bonds. The molecule has 0 bridgehead atoms. The molecule has 2 heteroatoms. The summed E-state index contributed by atoms with van der Waals surface area (Å²) in [6.07, 6.45) is 4.77. The maximum atomic E-state index is 13.2. The lowest BCUT2D eigenvalue weighted by molar-refractivity contribution is 0.527. The Hall–Kier alpha value is -1.05. The Morgan fingerprint density at radius 1 is 1.18 bits per heavy atom. The number of hydrogen-bond donors (Lipinski definition) is 0. The lowest BCUT2D eigenvalue weighted by Gasteiger charge is -2.30. The average Bonchev–Trinajstić information content (AvgIpc) is 2.31. The molecule has 0 aliphatic carbocycles. The number of rotatable bonds is 6. The Labute approximate surface area is 105 Å². The van der Waals surface area contributed by atoms with Gasteiger partial charge in [-0.05, 0) is 43.5 Å². The molecule has 1 aromatic carbocycles. The van der Waals surface area contributed by atoms with E-state index >= 15 is 0 Å². The molecule has 1 nitrogen and oxygen atoms in total. The Bertz CT molecular complexity index is 343. The van der Waals surface area contributed by atoms with Gasteiger partial charge in [-0.3, -0.25) is 0 Å². The molecule has 0 N–H and O–H groups in total. The van der Waals surface area contributed by atoms with Crippen molar-refractivity contribution in [2.24, 2.45) is 0 Å². The van der Waals surface area contributed by atoms with E-state index in [2.05, 4.69) is 25.8 Å². The summed E-state index contributed by atoms with van der Waals surface area (Å²) < 4.78 is 13.2. The molecule has 17 heavy (non-hydrogen) atoms. The molecule has 0 radical (unpaired) electrons. The smallest absolute Gasteiger partial charge is 0.126 e. The largest absolute Gasteiger partial charge is 0.372 e. The van der Waals surface area contributed by atoms with Gasteiger partial charge in [-0.1, -0.05) is 26.7 Å². The summed E-state index contributed by atoms with van der Waals surface area (Å²) in [7, 11) is 2.11. The number of nitrogens with zero attached hydrogens (tertiary/aromatic N) is 1. The van der Waals surface area contributed by atoms with E-state index in [1.54, 1.807) is 6.07 Å². The number of hydrogen-bond acceptors (Lipinski definition) is 1. The summed E-state index contributed by atoms with van der Waals surface area (Å²) in [5.74, 6) is -0.121. The first-order valence-electron chi connectivity index (χ1n) is 6.59. The Morgan fingerprint density at radius 3 is 2.24 bits per heavy atom. The van der Waals surface area contributed by atoms with Gasteiger partial charge in [-0.2, -0.15) is 0 Å². The van der Waals surface area contributed by atoms with Crippen LogP contribution >= 0.6 is 0 Å². The maximum Gasteiger partial charge on any atom is 0.126 e. The summed E-state index contributed by atoms with van der Waals surface area (Å²) in [6.45, 7) is 6.25. The van der Waals surface area contributed by atoms with E-state index in [9.17, 15) is 4.39 Å². The lowest BCUT2D eigenvalue weighted by atomic mass is 10.0. The molecule has 0 unspecified atom stereocenters. The molecule has 0 aliphatic rings. The van der Waals surface area contributed by atoms with Crippen molar-refractivity contribution in [1.82, 2.24) is 0 Å². The van der Waals surface area contributed by atoms with Gasteiger partial charge in [-0.15, -0.1) is 0 Å². The van der Waals surface area contributed by atoms with Crippen molar-refractivity contribution in [2.45, 2.75) is 52.5 Å². The van der Waals surface area contributed by atoms with E-state index in [1.165, 1.54) is 25.7 Å². The van der Waals surface area contributed by atoms with Crippen molar-refractivity contribution in [3.05, 3.63) is 29.6 Å². The second-order valence-corrected chi connectivity index (χ2v) is 4.78. The topological polar surface area (TPSA) is 3.24 Å². The predicted molar refractivity (Wildman–Crippen MR) is 73.1 cm³/mol. The molecule has 0 aromatic heterocycles. The summed E-state index contributed by atoms with van der Waals surface area (Å²) >= 11 is 0. The first-order valence-corrected chi connectivity index (χ1v) is 6.59. The molecule has 0 atom stereocenters. The molecular formula is C15H24FN. The van der Waals surface area contributed by atoms with Gasteiger partial charge in [0, 0.05) is 18.8 Å². The molecule has 0 saturated heterocycles. The zero-order valence-corrected chi connectivity index (χ0v) is 11.5. The monoisotopic (exact) mass is 237 g/mol. The molecule has 0 saturated carbocycles. The third-order valence-corrected chi connectivity index (χ3v) is 3.34. The van der Waals surface area contributed by atoms with Crippen molar-refractivity contribution in [2.75, 3.05) is 11.9 Å². The van der Waals surface area contributed by atoms with Gasteiger partial charge in [0.15, 0.2) is 0 Å². The van der Waals surface area contributed by atoms with Crippen molar-refractivity contribution in [3.8, 4) is 0 Å². The van der Waals surface area contributed by atoms with Crippen LogP contribution in [0, 0.1) is 12.7 Å². The Balaban J connectivity index is 2.84. The first kappa shape index (κ1) is 14.0. The molecule has 0 fully saturated rings. The highest BCUT2D eigenvalue weighted by atomic mass is 19.1. The van der Waals surface area contributed by atoms with Gasteiger partial charge < -0.3 is 4.90 Å². The van der Waals surface area contributed by atoms with Crippen molar-refractivity contribution < 1.29 is 4.39 Å². The zero-order chi connectivity index (χ0) is 12.8. The summed E-state index contributed by atoms with van der Waals surface area (Å²) in [4.78, 5) is 2.29. The minimum absolute atomic E-state index is 0.121. The number of benzene rings is 1. The van der Waals surface area contributed by atoms with E-state index < -0.39 is 0 Å². The van der Waals surface area contributed by atoms with Gasteiger partial charge in [-0.25, -0.2) is 4.39 Å². The molecule has 1 rings (SSSR count). The summed E-state index contributed by atoms with van der Waals surface area (Å²) in [5.41, 5.74) is 1.84. The second kappa shape index (κ2) is 6.63. The van der Waals surface area contributed by atoms with E-state index in [0.717, 1.165) is 11.3 Å². The molecule has 0 spiro atoms. The van der Waals surface area contributed by atoms with Crippen LogP contribution in [-0.4, -0.2) is 13.1 Å². The fourth-order valence-corrected chi connectivity index (χ4v) is 2.26. The molecule has 0 heterocycles. The standard InChI is InChI=1S/C15H24FN/c1-5-7-13(8-6-2)17(4)14-9-10-15(16)12(3)11-14/h9-11,13H,5-8H2,1-4H3. The number of anilines is 1. The number of aryl methyl sites for hydroxylation is 1. The van der Waals surface area contributed by atoms with Gasteiger partial charge in [0.05, 0.1) is 0 Å². The Morgan fingerprint density at radius 2 is 1.76 bits per heavy atom. The number of halogens is 1. The fraction of sp³-hybridized carbons (Fsp3) is 0.600. The van der Waals surface area contributed by atoms with Gasteiger partial charge >= 0.3 is 0 Å². The van der Waals surface area contributed by atoms with Gasteiger partial charge in [0.25, 0.3) is 0 Å². The maximum absolute atomic E-state index is 13.2. The van der Waals surface area contributed by atoms with E-state index in [-0.39, 0.29) is 5.82 Å². The van der Waals surface area contributed by atoms with Crippen molar-refractivity contribution >= 4 is 5.69 Å². The SMILES string of the molecule is CCCC(CCC)N(C)c1ccc(F)c(C)c1. The molecule has 96 valence electrons. The molecule has 0 aliphatic heterocycles. The minimum Gasteiger partial charge on any atom is -0.372 e. The van der Waals surface area contributed by atoms with Crippen LogP contribution in [-0.2, 0) is 0 Å². The molecular weight excluding hydrogens is 213 g/mol. The van der Waals surface area contributed by atoms with E-state index in [4.69, 9.17) is 0 Å². The predicted octanol–water partition coefficient (Wildman–Crippen LogP) is 4.54.